The Hall–Kier alpha value is -1.08. The zero-order valence-corrected chi connectivity index (χ0v) is 14.4. The number of carbonyl (C=O) groups excluding carboxylic acids is 1. The number of halogens is 2. The van der Waals surface area contributed by atoms with E-state index in [-0.39, 0.29) is 11.7 Å². The quantitative estimate of drug-likeness (QED) is 0.682. The average molecular weight is 352 g/mol. The summed E-state index contributed by atoms with van der Waals surface area (Å²) in [6.45, 7) is 0. The number of nitrogens with zero attached hydrogens (tertiary/aromatic N) is 1. The van der Waals surface area contributed by atoms with Crippen LogP contribution in [-0.2, 0) is 11.0 Å². The van der Waals surface area contributed by atoms with E-state index < -0.39 is 0 Å². The van der Waals surface area contributed by atoms with Gasteiger partial charge in [-0.1, -0.05) is 43.9 Å². The lowest BCUT2D eigenvalue weighted by molar-refractivity contribution is -0.117. The highest BCUT2D eigenvalue weighted by atomic mass is 35.5. The number of amides is 1. The van der Waals surface area contributed by atoms with Crippen LogP contribution in [0.2, 0.25) is 10.0 Å². The highest BCUT2D eigenvalue weighted by Crippen LogP contribution is 2.38. The summed E-state index contributed by atoms with van der Waals surface area (Å²) < 4.78 is 0. The van der Waals surface area contributed by atoms with Crippen LogP contribution in [0.25, 0.3) is 0 Å². The van der Waals surface area contributed by atoms with Crippen molar-refractivity contribution in [1.29, 1.82) is 0 Å². The van der Waals surface area contributed by atoms with Gasteiger partial charge in [0.15, 0.2) is 0 Å². The van der Waals surface area contributed by atoms with Crippen LogP contribution in [0, 0.1) is 0 Å². The van der Waals surface area contributed by atoms with E-state index in [1.165, 1.54) is 5.56 Å². The van der Waals surface area contributed by atoms with Gasteiger partial charge in [0.2, 0.25) is 5.91 Å². The van der Waals surface area contributed by atoms with Crippen molar-refractivity contribution in [2.75, 3.05) is 4.90 Å². The Bertz CT molecular complexity index is 657. The molecule has 1 heterocycles. The minimum absolute atomic E-state index is 0.205. The molecule has 1 fully saturated rings. The predicted molar refractivity (Wildman–Crippen MR) is 95.4 cm³/mol. The second kappa shape index (κ2) is 7.00. The molecule has 1 aliphatic rings. The zero-order valence-electron chi connectivity index (χ0n) is 11.9. The summed E-state index contributed by atoms with van der Waals surface area (Å²) in [6, 6.07) is 15.5. The molecule has 0 spiro atoms. The smallest absolute Gasteiger partial charge is 0.227 e. The third kappa shape index (κ3) is 3.63. The monoisotopic (exact) mass is 351 g/mol. The number of hydrogen-bond donors (Lipinski definition) is 0. The molecule has 2 aromatic rings. The van der Waals surface area contributed by atoms with Crippen LogP contribution >= 0.6 is 31.8 Å². The Balaban J connectivity index is 1.70. The summed E-state index contributed by atoms with van der Waals surface area (Å²) in [6.07, 6.45) is 2.52. The minimum Gasteiger partial charge on any atom is -0.305 e. The fourth-order valence-electron chi connectivity index (χ4n) is 2.64. The summed E-state index contributed by atoms with van der Waals surface area (Å²) in [5.41, 5.74) is 2.21. The van der Waals surface area contributed by atoms with Gasteiger partial charge in [0.05, 0.1) is 5.78 Å². The molecule has 0 saturated carbocycles. The van der Waals surface area contributed by atoms with E-state index in [2.05, 4.69) is 12.1 Å². The molecule has 2 unspecified atom stereocenters. The fraction of sp³-hybridized carbons (Fsp3) is 0.235. The molecule has 5 heteroatoms. The maximum atomic E-state index is 12.2. The summed E-state index contributed by atoms with van der Waals surface area (Å²) in [5, 5.41) is 1.45. The van der Waals surface area contributed by atoms with E-state index in [9.17, 15) is 4.79 Å². The molecular weight excluding hydrogens is 336 g/mol. The van der Waals surface area contributed by atoms with Crippen LogP contribution in [-0.4, -0.2) is 11.7 Å². The van der Waals surface area contributed by atoms with E-state index in [1.807, 2.05) is 41.3 Å². The van der Waals surface area contributed by atoms with Gasteiger partial charge in [0.1, 0.15) is 0 Å². The van der Waals surface area contributed by atoms with E-state index in [0.29, 0.717) is 20.0 Å². The number of benzene rings is 2. The van der Waals surface area contributed by atoms with Crippen LogP contribution in [0.4, 0.5) is 5.69 Å². The first kappa shape index (κ1) is 15.8. The molecule has 22 heavy (non-hydrogen) atoms. The molecule has 0 bridgehead atoms. The summed E-state index contributed by atoms with van der Waals surface area (Å²) >= 11 is 11.8. The Kier molecular flexibility index (Phi) is 5.03. The second-order valence-corrected chi connectivity index (χ2v) is 7.60. The lowest BCUT2D eigenvalue weighted by atomic mass is 10.2. The van der Waals surface area contributed by atoms with Crippen molar-refractivity contribution in [3.63, 3.8) is 0 Å². The standard InChI is InChI=1S/C17H16Cl2NOP/c18-13-3-1-12(2-4-13)11-22-17-10-9-16(21)20(17)15-7-5-14(19)6-8-15/h1-8,17,22H,9-11H2. The predicted octanol–water partition coefficient (Wildman–Crippen LogP) is 5.33. The Labute approximate surface area is 142 Å². The van der Waals surface area contributed by atoms with Crippen molar-refractivity contribution in [2.24, 2.45) is 0 Å². The molecule has 3 rings (SSSR count). The lowest BCUT2D eigenvalue weighted by Crippen LogP contribution is -2.29. The molecule has 1 aliphatic heterocycles. The third-order valence-corrected chi connectivity index (χ3v) is 5.91. The van der Waals surface area contributed by atoms with Crippen molar-refractivity contribution in [2.45, 2.75) is 24.8 Å². The minimum atomic E-state index is 0.205. The number of rotatable bonds is 4. The second-order valence-electron chi connectivity index (χ2n) is 5.30. The molecule has 1 saturated heterocycles. The van der Waals surface area contributed by atoms with Crippen LogP contribution < -0.4 is 4.90 Å². The van der Waals surface area contributed by atoms with Crippen LogP contribution in [0.3, 0.4) is 0 Å². The Morgan fingerprint density at radius 2 is 1.59 bits per heavy atom. The first-order valence-corrected chi connectivity index (χ1v) is 9.23. The summed E-state index contributed by atoms with van der Waals surface area (Å²) in [4.78, 5) is 14.1. The van der Waals surface area contributed by atoms with Crippen LogP contribution in [0.5, 0.6) is 0 Å². The summed E-state index contributed by atoms with van der Waals surface area (Å²) in [5.74, 6) is 0.486. The average Bonchev–Trinajstić information content (AvgIpc) is 2.89. The largest absolute Gasteiger partial charge is 0.305 e. The topological polar surface area (TPSA) is 20.3 Å². The molecule has 0 aliphatic carbocycles. The molecule has 2 aromatic carbocycles. The van der Waals surface area contributed by atoms with Gasteiger partial charge in [0, 0.05) is 22.2 Å². The maximum Gasteiger partial charge on any atom is 0.227 e. The highest BCUT2D eigenvalue weighted by Gasteiger charge is 2.31. The first-order chi connectivity index (χ1) is 10.6. The van der Waals surface area contributed by atoms with Crippen molar-refractivity contribution < 1.29 is 4.79 Å². The molecule has 114 valence electrons. The van der Waals surface area contributed by atoms with E-state index in [0.717, 1.165) is 23.3 Å². The van der Waals surface area contributed by atoms with Crippen LogP contribution in [0.15, 0.2) is 48.5 Å². The van der Waals surface area contributed by atoms with Gasteiger partial charge in [0.25, 0.3) is 0 Å². The van der Waals surface area contributed by atoms with Gasteiger partial charge >= 0.3 is 0 Å². The molecule has 0 aromatic heterocycles. The van der Waals surface area contributed by atoms with Crippen molar-refractivity contribution in [3.8, 4) is 0 Å². The van der Waals surface area contributed by atoms with Gasteiger partial charge in [-0.3, -0.25) is 4.79 Å². The molecule has 0 radical (unpaired) electrons. The van der Waals surface area contributed by atoms with Gasteiger partial charge in [-0.05, 0) is 54.5 Å². The number of hydrogen-bond acceptors (Lipinski definition) is 1. The summed E-state index contributed by atoms with van der Waals surface area (Å²) in [7, 11) is 0.678. The van der Waals surface area contributed by atoms with Crippen molar-refractivity contribution in [3.05, 3.63) is 64.1 Å². The van der Waals surface area contributed by atoms with Gasteiger partial charge in [-0.15, -0.1) is 0 Å². The van der Waals surface area contributed by atoms with Gasteiger partial charge < -0.3 is 4.90 Å². The third-order valence-electron chi connectivity index (χ3n) is 3.77. The number of carbonyl (C=O) groups is 1. The molecule has 1 amide bonds. The van der Waals surface area contributed by atoms with E-state index in [4.69, 9.17) is 23.2 Å². The maximum absolute atomic E-state index is 12.2. The Morgan fingerprint density at radius 3 is 2.23 bits per heavy atom. The molecular formula is C17H16Cl2NOP. The van der Waals surface area contributed by atoms with E-state index in [1.54, 1.807) is 0 Å². The molecule has 0 N–H and O–H groups in total. The highest BCUT2D eigenvalue weighted by molar-refractivity contribution is 7.38. The SMILES string of the molecule is O=C1CCC(PCc2ccc(Cl)cc2)N1c1ccc(Cl)cc1. The number of anilines is 1. The zero-order chi connectivity index (χ0) is 15.5. The first-order valence-electron chi connectivity index (χ1n) is 7.19. The van der Waals surface area contributed by atoms with E-state index >= 15 is 0 Å². The molecule has 2 nitrogen and oxygen atoms in total. The normalized spacial score (nSPS) is 18.5. The van der Waals surface area contributed by atoms with Crippen molar-refractivity contribution >= 4 is 43.4 Å². The fourth-order valence-corrected chi connectivity index (χ4v) is 4.42. The Morgan fingerprint density at radius 1 is 1.00 bits per heavy atom. The molecule has 2 atom stereocenters. The lowest BCUT2D eigenvalue weighted by Gasteiger charge is -2.25. The van der Waals surface area contributed by atoms with Gasteiger partial charge in [-0.25, -0.2) is 0 Å². The van der Waals surface area contributed by atoms with Gasteiger partial charge in [-0.2, -0.15) is 0 Å². The van der Waals surface area contributed by atoms with Crippen molar-refractivity contribution in [1.82, 2.24) is 0 Å². The van der Waals surface area contributed by atoms with Crippen LogP contribution in [0.1, 0.15) is 18.4 Å².